The molecule has 8 heteroatoms. The summed E-state index contributed by atoms with van der Waals surface area (Å²) >= 11 is 0. The molecule has 0 aromatic heterocycles. The molecule has 2 aliphatic rings. The number of hydrogen-bond donors (Lipinski definition) is 4. The molecule has 1 aromatic rings. The van der Waals surface area contributed by atoms with Crippen LogP contribution >= 0.6 is 0 Å². The number of carbonyl (C=O) groups excluding carboxylic acids is 2. The Morgan fingerprint density at radius 2 is 1.28 bits per heavy atom. The highest BCUT2D eigenvalue weighted by Gasteiger charge is 2.28. The van der Waals surface area contributed by atoms with E-state index in [0.717, 1.165) is 50.0 Å². The minimum Gasteiger partial charge on any atom is -0.376 e. The third kappa shape index (κ3) is 6.84. The second-order valence-electron chi connectivity index (χ2n) is 9.77. The summed E-state index contributed by atoms with van der Waals surface area (Å²) in [5, 5.41) is 11.9. The summed E-state index contributed by atoms with van der Waals surface area (Å²) in [5.74, 6) is 0. The van der Waals surface area contributed by atoms with E-state index >= 15 is 0 Å². The lowest BCUT2D eigenvalue weighted by molar-refractivity contribution is 0.111. The maximum atomic E-state index is 12.4. The van der Waals surface area contributed by atoms with Crippen LogP contribution in [0.3, 0.4) is 0 Å². The molecule has 2 saturated heterocycles. The SMILES string of the molecule is CC(C)(NC(=O)NC[C@H]1CCCO1)c1cccc(C(C)(C)NC(=O)NC[C@@H]2CCCO2)c1. The van der Waals surface area contributed by atoms with Gasteiger partial charge in [0.15, 0.2) is 0 Å². The first-order valence-corrected chi connectivity index (χ1v) is 11.6. The van der Waals surface area contributed by atoms with Gasteiger partial charge in [-0.25, -0.2) is 9.59 Å². The Bertz CT molecular complexity index is 723. The van der Waals surface area contributed by atoms with E-state index in [9.17, 15) is 9.59 Å². The Kier molecular flexibility index (Phi) is 8.00. The number of benzene rings is 1. The molecule has 2 aliphatic heterocycles. The van der Waals surface area contributed by atoms with Crippen molar-refractivity contribution in [3.05, 3.63) is 35.4 Å². The van der Waals surface area contributed by atoms with Crippen molar-refractivity contribution in [1.82, 2.24) is 21.3 Å². The van der Waals surface area contributed by atoms with Gasteiger partial charge in [0.2, 0.25) is 0 Å². The van der Waals surface area contributed by atoms with Crippen LogP contribution in [0.2, 0.25) is 0 Å². The first-order chi connectivity index (χ1) is 15.2. The number of nitrogens with one attached hydrogen (secondary N) is 4. The lowest BCUT2D eigenvalue weighted by Crippen LogP contribution is -2.49. The van der Waals surface area contributed by atoms with Crippen LogP contribution < -0.4 is 21.3 Å². The zero-order valence-electron chi connectivity index (χ0n) is 19.8. The number of carbonyl (C=O) groups is 2. The van der Waals surface area contributed by atoms with Crippen LogP contribution in [0.15, 0.2) is 24.3 Å². The van der Waals surface area contributed by atoms with Gasteiger partial charge in [0, 0.05) is 26.3 Å². The van der Waals surface area contributed by atoms with Gasteiger partial charge in [0.1, 0.15) is 0 Å². The van der Waals surface area contributed by atoms with Gasteiger partial charge in [-0.15, -0.1) is 0 Å². The fourth-order valence-electron chi connectivity index (χ4n) is 4.12. The molecule has 0 unspecified atom stereocenters. The van der Waals surface area contributed by atoms with Crippen LogP contribution in [0.5, 0.6) is 0 Å². The highest BCUT2D eigenvalue weighted by molar-refractivity contribution is 5.75. The molecule has 0 radical (unpaired) electrons. The maximum absolute atomic E-state index is 12.4. The first kappa shape index (κ1) is 24.3. The number of amides is 4. The van der Waals surface area contributed by atoms with E-state index in [-0.39, 0.29) is 24.3 Å². The molecule has 0 saturated carbocycles. The van der Waals surface area contributed by atoms with Gasteiger partial charge in [-0.3, -0.25) is 0 Å². The second-order valence-corrected chi connectivity index (χ2v) is 9.77. The molecule has 3 rings (SSSR count). The molecular formula is C24H38N4O4. The molecular weight excluding hydrogens is 408 g/mol. The predicted octanol–water partition coefficient (Wildman–Crippen LogP) is 3.11. The van der Waals surface area contributed by atoms with Gasteiger partial charge in [0.25, 0.3) is 0 Å². The molecule has 2 heterocycles. The first-order valence-electron chi connectivity index (χ1n) is 11.6. The molecule has 0 bridgehead atoms. The smallest absolute Gasteiger partial charge is 0.315 e. The fourth-order valence-corrected chi connectivity index (χ4v) is 4.12. The van der Waals surface area contributed by atoms with Crippen LogP contribution in [0.4, 0.5) is 9.59 Å². The van der Waals surface area contributed by atoms with Gasteiger partial charge < -0.3 is 30.7 Å². The predicted molar refractivity (Wildman–Crippen MR) is 124 cm³/mol. The zero-order chi connectivity index (χ0) is 23.2. The average molecular weight is 447 g/mol. The maximum Gasteiger partial charge on any atom is 0.315 e. The van der Waals surface area contributed by atoms with E-state index in [1.807, 2.05) is 52.0 Å². The summed E-state index contributed by atoms with van der Waals surface area (Å²) < 4.78 is 11.1. The van der Waals surface area contributed by atoms with Crippen molar-refractivity contribution >= 4 is 12.1 Å². The lowest BCUT2D eigenvalue weighted by Gasteiger charge is -2.31. The van der Waals surface area contributed by atoms with Gasteiger partial charge in [0.05, 0.1) is 23.3 Å². The third-order valence-corrected chi connectivity index (χ3v) is 6.19. The minimum atomic E-state index is -0.589. The largest absolute Gasteiger partial charge is 0.376 e. The Labute approximate surface area is 191 Å². The standard InChI is InChI=1S/C24H38N4O4/c1-23(2,27-21(29)25-15-19-10-6-12-31-19)17-8-5-9-18(14-17)24(3,4)28-22(30)26-16-20-11-7-13-32-20/h5,8-9,14,19-20H,6-7,10-13,15-16H2,1-4H3,(H2,25,27,29)(H2,26,28,30)/t19-,20+. The van der Waals surface area contributed by atoms with E-state index in [1.54, 1.807) is 0 Å². The quantitative estimate of drug-likeness (QED) is 0.493. The molecule has 1 aromatic carbocycles. The van der Waals surface area contributed by atoms with Gasteiger partial charge in [-0.1, -0.05) is 24.3 Å². The van der Waals surface area contributed by atoms with E-state index in [1.165, 1.54) is 0 Å². The van der Waals surface area contributed by atoms with Crippen molar-refractivity contribution in [3.8, 4) is 0 Å². The molecule has 178 valence electrons. The summed E-state index contributed by atoms with van der Waals surface area (Å²) in [6.07, 6.45) is 4.26. The summed E-state index contributed by atoms with van der Waals surface area (Å²) in [4.78, 5) is 24.9. The summed E-state index contributed by atoms with van der Waals surface area (Å²) in [5.41, 5.74) is 0.734. The number of ether oxygens (including phenoxy) is 2. The lowest BCUT2D eigenvalue weighted by atomic mass is 9.87. The van der Waals surface area contributed by atoms with Crippen molar-refractivity contribution in [3.63, 3.8) is 0 Å². The van der Waals surface area contributed by atoms with Gasteiger partial charge >= 0.3 is 12.1 Å². The van der Waals surface area contributed by atoms with E-state index in [2.05, 4.69) is 21.3 Å². The Balaban J connectivity index is 1.56. The van der Waals surface area contributed by atoms with Crippen LogP contribution in [0, 0.1) is 0 Å². The molecule has 4 amide bonds. The summed E-state index contributed by atoms with van der Waals surface area (Å²) in [6.45, 7) is 10.4. The topological polar surface area (TPSA) is 101 Å². The van der Waals surface area contributed by atoms with E-state index < -0.39 is 11.1 Å². The molecule has 0 aliphatic carbocycles. The fraction of sp³-hybridized carbons (Fsp3) is 0.667. The number of rotatable bonds is 8. The van der Waals surface area contributed by atoms with Crippen molar-refractivity contribution < 1.29 is 19.1 Å². The molecule has 4 N–H and O–H groups in total. The Hall–Kier alpha value is -2.32. The molecule has 8 nitrogen and oxygen atoms in total. The van der Waals surface area contributed by atoms with Crippen LogP contribution in [-0.4, -0.2) is 50.6 Å². The monoisotopic (exact) mass is 446 g/mol. The number of hydrogen-bond acceptors (Lipinski definition) is 4. The van der Waals surface area contributed by atoms with Crippen molar-refractivity contribution in [2.45, 2.75) is 76.7 Å². The highest BCUT2D eigenvalue weighted by Crippen LogP contribution is 2.26. The van der Waals surface area contributed by atoms with Crippen LogP contribution in [-0.2, 0) is 20.6 Å². The Morgan fingerprint density at radius 3 is 1.66 bits per heavy atom. The van der Waals surface area contributed by atoms with E-state index in [0.29, 0.717) is 13.1 Å². The van der Waals surface area contributed by atoms with Crippen LogP contribution in [0.25, 0.3) is 0 Å². The molecule has 2 atom stereocenters. The molecule has 32 heavy (non-hydrogen) atoms. The van der Waals surface area contributed by atoms with Gasteiger partial charge in [-0.2, -0.15) is 0 Å². The molecule has 0 spiro atoms. The Morgan fingerprint density at radius 1 is 0.844 bits per heavy atom. The highest BCUT2D eigenvalue weighted by atomic mass is 16.5. The average Bonchev–Trinajstić information content (AvgIpc) is 3.44. The van der Waals surface area contributed by atoms with Crippen molar-refractivity contribution in [1.29, 1.82) is 0 Å². The third-order valence-electron chi connectivity index (χ3n) is 6.19. The van der Waals surface area contributed by atoms with Crippen molar-refractivity contribution in [2.24, 2.45) is 0 Å². The summed E-state index contributed by atoms with van der Waals surface area (Å²) in [7, 11) is 0. The summed E-state index contributed by atoms with van der Waals surface area (Å²) in [6, 6.07) is 7.50. The van der Waals surface area contributed by atoms with Gasteiger partial charge in [-0.05, 0) is 64.5 Å². The molecule has 2 fully saturated rings. The van der Waals surface area contributed by atoms with Crippen LogP contribution in [0.1, 0.15) is 64.5 Å². The second kappa shape index (κ2) is 10.5. The van der Waals surface area contributed by atoms with E-state index in [4.69, 9.17) is 9.47 Å². The zero-order valence-corrected chi connectivity index (χ0v) is 19.8. The number of urea groups is 2. The normalized spacial score (nSPS) is 21.2. The van der Waals surface area contributed by atoms with Crippen molar-refractivity contribution in [2.75, 3.05) is 26.3 Å². The minimum absolute atomic E-state index is 0.102.